The Morgan fingerprint density at radius 2 is 1.16 bits per heavy atom. The molecule has 0 amide bonds. The SMILES string of the molecule is CC/C=C\C/C=C\C/C=C\C/C=C\CCCCC(=O)OC(COCCCCCCCCCCCCCCC)COP(=O)(O)OCC(O)CO. The van der Waals surface area contributed by atoms with E-state index in [9.17, 15) is 19.4 Å². The van der Waals surface area contributed by atoms with Crippen LogP contribution in [0.5, 0.6) is 0 Å². The molecule has 9 nitrogen and oxygen atoms in total. The van der Waals surface area contributed by atoms with Crippen LogP contribution in [-0.4, -0.2) is 66.3 Å². The van der Waals surface area contributed by atoms with Crippen LogP contribution in [0.2, 0.25) is 0 Å². The van der Waals surface area contributed by atoms with Crippen molar-refractivity contribution in [1.82, 2.24) is 0 Å². The van der Waals surface area contributed by atoms with Gasteiger partial charge in [0.2, 0.25) is 0 Å². The van der Waals surface area contributed by atoms with Gasteiger partial charge >= 0.3 is 13.8 Å². The maximum Gasteiger partial charge on any atom is 0.472 e. The highest BCUT2D eigenvalue weighted by Crippen LogP contribution is 2.43. The van der Waals surface area contributed by atoms with Crippen LogP contribution in [0.4, 0.5) is 0 Å². The second kappa shape index (κ2) is 36.2. The molecule has 0 aromatic carbocycles. The smallest absolute Gasteiger partial charge is 0.457 e. The lowest BCUT2D eigenvalue weighted by Gasteiger charge is -2.20. The number of carbonyl (C=O) groups is 1. The number of hydrogen-bond donors (Lipinski definition) is 3. The fourth-order valence-corrected chi connectivity index (χ4v) is 5.66. The van der Waals surface area contributed by atoms with Gasteiger partial charge in [-0.1, -0.05) is 140 Å². The average Bonchev–Trinajstić information content (AvgIpc) is 3.09. The minimum Gasteiger partial charge on any atom is -0.457 e. The fraction of sp³-hybridized carbons (Fsp3) is 0.769. The molecule has 3 unspecified atom stereocenters. The summed E-state index contributed by atoms with van der Waals surface area (Å²) in [5.41, 5.74) is 0. The number of esters is 1. The first-order valence-electron chi connectivity index (χ1n) is 19.1. The molecular formula is C39H71O9P. The monoisotopic (exact) mass is 714 g/mol. The van der Waals surface area contributed by atoms with Crippen molar-refractivity contribution in [2.45, 2.75) is 161 Å². The topological polar surface area (TPSA) is 132 Å². The number of aliphatic hydroxyl groups is 2. The fourth-order valence-electron chi connectivity index (χ4n) is 4.87. The van der Waals surface area contributed by atoms with E-state index in [1.807, 2.05) is 0 Å². The van der Waals surface area contributed by atoms with Gasteiger partial charge in [-0.05, 0) is 51.4 Å². The van der Waals surface area contributed by atoms with Crippen LogP contribution in [0.1, 0.15) is 149 Å². The molecule has 0 fully saturated rings. The molecule has 0 aliphatic heterocycles. The molecular weight excluding hydrogens is 643 g/mol. The van der Waals surface area contributed by atoms with Crippen molar-refractivity contribution in [3.63, 3.8) is 0 Å². The van der Waals surface area contributed by atoms with Crippen molar-refractivity contribution in [1.29, 1.82) is 0 Å². The minimum atomic E-state index is -4.52. The second-order valence-electron chi connectivity index (χ2n) is 12.6. The van der Waals surface area contributed by atoms with Crippen molar-refractivity contribution < 1.29 is 43.0 Å². The summed E-state index contributed by atoms with van der Waals surface area (Å²) < 4.78 is 33.2. The maximum atomic E-state index is 12.5. The van der Waals surface area contributed by atoms with E-state index >= 15 is 0 Å². The van der Waals surface area contributed by atoms with Crippen molar-refractivity contribution in [3.8, 4) is 0 Å². The van der Waals surface area contributed by atoms with Crippen LogP contribution in [0.25, 0.3) is 0 Å². The largest absolute Gasteiger partial charge is 0.472 e. The lowest BCUT2D eigenvalue weighted by atomic mass is 10.0. The molecule has 0 spiro atoms. The summed E-state index contributed by atoms with van der Waals surface area (Å²) in [7, 11) is -4.52. The maximum absolute atomic E-state index is 12.5. The quantitative estimate of drug-likeness (QED) is 0.0251. The predicted octanol–water partition coefficient (Wildman–Crippen LogP) is 9.86. The highest BCUT2D eigenvalue weighted by atomic mass is 31.2. The molecule has 0 saturated carbocycles. The molecule has 0 aliphatic rings. The standard InChI is InChI=1S/C39H71O9P/c1-3-5-7-9-11-13-15-17-18-19-21-23-25-27-29-31-39(42)48-38(36-47-49(43,44)46-34-37(41)33-40)35-45-32-30-28-26-24-22-20-16-14-12-10-8-6-4-2/h5,7,11,13,17-18,21,23,37-38,40-41H,3-4,6,8-10,12,14-16,19-20,22,24-36H2,1-2H3,(H,43,44)/b7-5-,13-11-,18-17-,23-21-. The zero-order valence-electron chi connectivity index (χ0n) is 30.9. The van der Waals surface area contributed by atoms with Gasteiger partial charge in [0.05, 0.1) is 26.4 Å². The molecule has 0 aromatic heterocycles. The van der Waals surface area contributed by atoms with Gasteiger partial charge in [0.25, 0.3) is 0 Å². The van der Waals surface area contributed by atoms with Crippen LogP contribution >= 0.6 is 7.82 Å². The third kappa shape index (κ3) is 36.0. The van der Waals surface area contributed by atoms with Crippen LogP contribution < -0.4 is 0 Å². The van der Waals surface area contributed by atoms with Crippen molar-refractivity contribution in [3.05, 3.63) is 48.6 Å². The van der Waals surface area contributed by atoms with E-state index in [0.29, 0.717) is 13.0 Å². The molecule has 0 bridgehead atoms. The third-order valence-electron chi connectivity index (χ3n) is 7.78. The molecule has 10 heteroatoms. The number of aliphatic hydroxyl groups excluding tert-OH is 2. The Morgan fingerprint density at radius 3 is 1.71 bits per heavy atom. The second-order valence-corrected chi connectivity index (χ2v) is 14.0. The van der Waals surface area contributed by atoms with Gasteiger partial charge in [0.1, 0.15) is 12.2 Å². The summed E-state index contributed by atoms with van der Waals surface area (Å²) in [6.07, 6.45) is 37.8. The predicted molar refractivity (Wildman–Crippen MR) is 200 cm³/mol. The molecule has 286 valence electrons. The summed E-state index contributed by atoms with van der Waals surface area (Å²) in [6.45, 7) is 3.33. The number of ether oxygens (including phenoxy) is 2. The molecule has 0 aliphatic carbocycles. The Balaban J connectivity index is 4.32. The Bertz CT molecular complexity index is 903. The number of carbonyl (C=O) groups excluding carboxylic acids is 1. The van der Waals surface area contributed by atoms with Gasteiger partial charge in [-0.2, -0.15) is 0 Å². The zero-order valence-corrected chi connectivity index (χ0v) is 31.8. The molecule has 3 atom stereocenters. The van der Waals surface area contributed by atoms with Crippen LogP contribution in [0, 0.1) is 0 Å². The molecule has 0 saturated heterocycles. The Kier molecular flexibility index (Phi) is 35.1. The van der Waals surface area contributed by atoms with E-state index < -0.39 is 45.8 Å². The van der Waals surface area contributed by atoms with Gasteiger partial charge in [0.15, 0.2) is 0 Å². The zero-order chi connectivity index (χ0) is 36.1. The lowest BCUT2D eigenvalue weighted by Crippen LogP contribution is -2.29. The average molecular weight is 715 g/mol. The van der Waals surface area contributed by atoms with Crippen molar-refractivity contribution in [2.24, 2.45) is 0 Å². The lowest BCUT2D eigenvalue weighted by molar-refractivity contribution is -0.154. The normalized spacial score (nSPS) is 14.8. The number of unbranched alkanes of at least 4 members (excludes halogenated alkanes) is 14. The van der Waals surface area contributed by atoms with E-state index in [4.69, 9.17) is 23.6 Å². The van der Waals surface area contributed by atoms with Crippen molar-refractivity contribution in [2.75, 3.05) is 33.0 Å². The third-order valence-corrected chi connectivity index (χ3v) is 8.73. The van der Waals surface area contributed by atoms with Gasteiger partial charge in [0, 0.05) is 13.0 Å². The number of phosphoric acid groups is 1. The summed E-state index contributed by atoms with van der Waals surface area (Å²) in [6, 6.07) is 0. The highest BCUT2D eigenvalue weighted by molar-refractivity contribution is 7.47. The van der Waals surface area contributed by atoms with E-state index in [1.165, 1.54) is 64.2 Å². The van der Waals surface area contributed by atoms with Crippen LogP contribution in [-0.2, 0) is 27.9 Å². The van der Waals surface area contributed by atoms with Gasteiger partial charge in [-0.25, -0.2) is 4.57 Å². The van der Waals surface area contributed by atoms with Crippen LogP contribution in [0.3, 0.4) is 0 Å². The summed E-state index contributed by atoms with van der Waals surface area (Å²) in [5.74, 6) is -0.423. The minimum absolute atomic E-state index is 0.0329. The first-order chi connectivity index (χ1) is 23.8. The van der Waals surface area contributed by atoms with Gasteiger partial charge in [-0.15, -0.1) is 0 Å². The molecule has 0 radical (unpaired) electrons. The summed E-state index contributed by atoms with van der Waals surface area (Å²) in [4.78, 5) is 22.5. The molecule has 3 N–H and O–H groups in total. The molecule has 0 aromatic rings. The van der Waals surface area contributed by atoms with Gasteiger partial charge in [-0.3, -0.25) is 13.8 Å². The number of allylic oxidation sites excluding steroid dienone is 8. The first-order valence-corrected chi connectivity index (χ1v) is 20.6. The van der Waals surface area contributed by atoms with E-state index in [1.54, 1.807) is 0 Å². The Hall–Kier alpha value is -1.58. The summed E-state index contributed by atoms with van der Waals surface area (Å²) in [5, 5.41) is 18.3. The molecule has 49 heavy (non-hydrogen) atoms. The van der Waals surface area contributed by atoms with E-state index in [0.717, 1.165) is 57.8 Å². The van der Waals surface area contributed by atoms with Crippen molar-refractivity contribution >= 4 is 13.8 Å². The van der Waals surface area contributed by atoms with Gasteiger partial charge < -0.3 is 24.6 Å². The van der Waals surface area contributed by atoms with Crippen LogP contribution in [0.15, 0.2) is 48.6 Å². The number of hydrogen-bond acceptors (Lipinski definition) is 8. The van der Waals surface area contributed by atoms with E-state index in [-0.39, 0.29) is 13.0 Å². The molecule has 0 rings (SSSR count). The summed E-state index contributed by atoms with van der Waals surface area (Å²) >= 11 is 0. The number of rotatable bonds is 36. The Morgan fingerprint density at radius 1 is 0.653 bits per heavy atom. The number of phosphoric ester groups is 1. The van der Waals surface area contributed by atoms with E-state index in [2.05, 4.69) is 62.5 Å². The molecule has 0 heterocycles. The first kappa shape index (κ1) is 47.4. The highest BCUT2D eigenvalue weighted by Gasteiger charge is 2.26. The Labute approximate surface area is 298 Å².